The van der Waals surface area contributed by atoms with Gasteiger partial charge < -0.3 is 15.4 Å². The Labute approximate surface area is 165 Å². The summed E-state index contributed by atoms with van der Waals surface area (Å²) in [4.78, 5) is 24.4. The summed E-state index contributed by atoms with van der Waals surface area (Å²) in [6, 6.07) is 14.7. The van der Waals surface area contributed by atoms with Crippen molar-refractivity contribution in [2.45, 2.75) is 38.1 Å². The molecule has 5 nitrogen and oxygen atoms in total. The smallest absolute Gasteiger partial charge is 0.251 e. The molecule has 146 valence electrons. The average molecular weight is 378 g/mol. The zero-order valence-electron chi connectivity index (χ0n) is 16.1. The molecule has 3 rings (SSSR count). The van der Waals surface area contributed by atoms with Crippen LogP contribution in [-0.2, 0) is 4.79 Å². The molecule has 2 N–H and O–H groups in total. The number of carbonyl (C=O) groups excluding carboxylic acids is 2. The molecule has 0 unspecified atom stereocenters. The number of carbonyl (C=O) groups is 2. The van der Waals surface area contributed by atoms with Crippen LogP contribution in [0, 0.1) is 0 Å². The largest absolute Gasteiger partial charge is 0.497 e. The van der Waals surface area contributed by atoms with E-state index in [1.54, 1.807) is 37.5 Å². The quantitative estimate of drug-likeness (QED) is 0.732. The fourth-order valence-corrected chi connectivity index (χ4v) is 3.29. The maximum absolute atomic E-state index is 12.3. The third kappa shape index (κ3) is 5.71. The number of methoxy groups -OCH3 is 1. The first kappa shape index (κ1) is 19.7. The maximum Gasteiger partial charge on any atom is 0.251 e. The molecule has 1 aliphatic carbocycles. The van der Waals surface area contributed by atoms with Crippen LogP contribution < -0.4 is 15.4 Å². The first-order valence-corrected chi connectivity index (χ1v) is 9.68. The van der Waals surface area contributed by atoms with Crippen LogP contribution in [0.2, 0.25) is 0 Å². The van der Waals surface area contributed by atoms with E-state index >= 15 is 0 Å². The van der Waals surface area contributed by atoms with E-state index in [2.05, 4.69) is 10.6 Å². The molecule has 0 heterocycles. The molecule has 5 heteroatoms. The van der Waals surface area contributed by atoms with Crippen LogP contribution in [0.5, 0.6) is 5.75 Å². The molecule has 0 saturated heterocycles. The Morgan fingerprint density at radius 1 is 0.964 bits per heavy atom. The van der Waals surface area contributed by atoms with Crippen molar-refractivity contribution in [2.75, 3.05) is 12.4 Å². The lowest BCUT2D eigenvalue weighted by atomic mass is 9.95. The highest BCUT2D eigenvalue weighted by Gasteiger charge is 2.16. The van der Waals surface area contributed by atoms with Gasteiger partial charge in [-0.3, -0.25) is 9.59 Å². The van der Waals surface area contributed by atoms with Gasteiger partial charge in [0.15, 0.2) is 0 Å². The summed E-state index contributed by atoms with van der Waals surface area (Å²) >= 11 is 0. The molecular formula is C23H26N2O3. The van der Waals surface area contributed by atoms with Crippen molar-refractivity contribution in [3.05, 3.63) is 65.7 Å². The molecule has 1 fully saturated rings. The van der Waals surface area contributed by atoms with Crippen LogP contribution in [0.15, 0.2) is 54.6 Å². The summed E-state index contributed by atoms with van der Waals surface area (Å²) in [6.07, 6.45) is 8.95. The number of nitrogens with one attached hydrogen (secondary N) is 2. The first-order valence-electron chi connectivity index (χ1n) is 9.68. The number of ether oxygens (including phenoxy) is 1. The molecule has 0 aromatic heterocycles. The fraction of sp³-hybridized carbons (Fsp3) is 0.304. The van der Waals surface area contributed by atoms with Crippen molar-refractivity contribution in [3.63, 3.8) is 0 Å². The van der Waals surface area contributed by atoms with Gasteiger partial charge in [-0.1, -0.05) is 31.4 Å². The Hall–Kier alpha value is -3.08. The van der Waals surface area contributed by atoms with Gasteiger partial charge in [0, 0.05) is 23.4 Å². The minimum Gasteiger partial charge on any atom is -0.497 e. The van der Waals surface area contributed by atoms with Crippen molar-refractivity contribution in [3.8, 4) is 5.75 Å². The Balaban J connectivity index is 1.51. The molecular weight excluding hydrogens is 352 g/mol. The van der Waals surface area contributed by atoms with E-state index in [-0.39, 0.29) is 17.9 Å². The van der Waals surface area contributed by atoms with Crippen molar-refractivity contribution >= 4 is 23.6 Å². The lowest BCUT2D eigenvalue weighted by Crippen LogP contribution is -2.36. The monoisotopic (exact) mass is 378 g/mol. The SMILES string of the molecule is COc1ccc(/C=C/C(=O)Nc2ccc(C(=O)NC3CCCCC3)cc2)cc1. The van der Waals surface area contributed by atoms with Crippen molar-refractivity contribution in [2.24, 2.45) is 0 Å². The van der Waals surface area contributed by atoms with E-state index in [0.29, 0.717) is 11.3 Å². The second kappa shape index (κ2) is 9.74. The second-order valence-corrected chi connectivity index (χ2v) is 6.98. The fourth-order valence-electron chi connectivity index (χ4n) is 3.29. The van der Waals surface area contributed by atoms with Crippen LogP contribution in [0.1, 0.15) is 48.0 Å². The molecule has 2 amide bonds. The topological polar surface area (TPSA) is 67.4 Å². The number of hydrogen-bond acceptors (Lipinski definition) is 3. The van der Waals surface area contributed by atoms with Gasteiger partial charge in [-0.15, -0.1) is 0 Å². The van der Waals surface area contributed by atoms with Gasteiger partial charge in [0.05, 0.1) is 7.11 Å². The number of anilines is 1. The maximum atomic E-state index is 12.3. The Morgan fingerprint density at radius 3 is 2.29 bits per heavy atom. The molecule has 2 aromatic rings. The normalized spacial score (nSPS) is 14.6. The van der Waals surface area contributed by atoms with Gasteiger partial charge in [0.25, 0.3) is 5.91 Å². The molecule has 2 aromatic carbocycles. The summed E-state index contributed by atoms with van der Waals surface area (Å²) in [5.74, 6) is 0.494. The first-order chi connectivity index (χ1) is 13.6. The van der Waals surface area contributed by atoms with Crippen LogP contribution in [0.4, 0.5) is 5.69 Å². The van der Waals surface area contributed by atoms with Gasteiger partial charge in [0.1, 0.15) is 5.75 Å². The van der Waals surface area contributed by atoms with E-state index in [0.717, 1.165) is 24.2 Å². The highest BCUT2D eigenvalue weighted by atomic mass is 16.5. The summed E-state index contributed by atoms with van der Waals surface area (Å²) in [7, 11) is 1.61. The van der Waals surface area contributed by atoms with Crippen molar-refractivity contribution in [1.29, 1.82) is 0 Å². The van der Waals surface area contributed by atoms with Crippen LogP contribution in [0.25, 0.3) is 6.08 Å². The number of amides is 2. The molecule has 1 aliphatic rings. The molecule has 0 radical (unpaired) electrons. The Bertz CT molecular complexity index is 820. The Kier molecular flexibility index (Phi) is 6.84. The lowest BCUT2D eigenvalue weighted by Gasteiger charge is -2.22. The van der Waals surface area contributed by atoms with Gasteiger partial charge in [-0.25, -0.2) is 0 Å². The third-order valence-corrected chi connectivity index (χ3v) is 4.90. The molecule has 0 atom stereocenters. The van der Waals surface area contributed by atoms with Crippen molar-refractivity contribution < 1.29 is 14.3 Å². The van der Waals surface area contributed by atoms with Gasteiger partial charge in [0.2, 0.25) is 5.91 Å². The minimum atomic E-state index is -0.227. The van der Waals surface area contributed by atoms with Gasteiger partial charge in [-0.05, 0) is 60.9 Å². The molecule has 1 saturated carbocycles. The van der Waals surface area contributed by atoms with Gasteiger partial charge in [-0.2, -0.15) is 0 Å². The lowest BCUT2D eigenvalue weighted by molar-refractivity contribution is -0.111. The van der Waals surface area contributed by atoms with E-state index in [1.165, 1.54) is 25.3 Å². The highest BCUT2D eigenvalue weighted by Crippen LogP contribution is 2.18. The van der Waals surface area contributed by atoms with E-state index < -0.39 is 0 Å². The predicted octanol–water partition coefficient (Wildman–Crippen LogP) is 4.41. The molecule has 0 bridgehead atoms. The standard InChI is InChI=1S/C23H26N2O3/c1-28-21-14-7-17(8-15-21)9-16-22(26)24-20-12-10-18(11-13-20)23(27)25-19-5-3-2-4-6-19/h7-16,19H,2-6H2,1H3,(H,24,26)(H,25,27)/b16-9+. The molecule has 0 aliphatic heterocycles. The van der Waals surface area contributed by atoms with Crippen LogP contribution >= 0.6 is 0 Å². The minimum absolute atomic E-state index is 0.0517. The van der Waals surface area contributed by atoms with E-state index in [9.17, 15) is 9.59 Å². The second-order valence-electron chi connectivity index (χ2n) is 6.98. The van der Waals surface area contributed by atoms with Crippen molar-refractivity contribution in [1.82, 2.24) is 5.32 Å². The van der Waals surface area contributed by atoms with Crippen LogP contribution in [0.3, 0.4) is 0 Å². The number of hydrogen-bond donors (Lipinski definition) is 2. The van der Waals surface area contributed by atoms with Gasteiger partial charge >= 0.3 is 0 Å². The summed E-state index contributed by atoms with van der Waals surface area (Å²) < 4.78 is 5.11. The van der Waals surface area contributed by atoms with E-state index in [1.807, 2.05) is 24.3 Å². The zero-order chi connectivity index (χ0) is 19.8. The average Bonchev–Trinajstić information content (AvgIpc) is 2.74. The highest BCUT2D eigenvalue weighted by molar-refractivity contribution is 6.02. The summed E-state index contributed by atoms with van der Waals surface area (Å²) in [6.45, 7) is 0. The summed E-state index contributed by atoms with van der Waals surface area (Å²) in [5, 5.41) is 5.90. The molecule has 28 heavy (non-hydrogen) atoms. The predicted molar refractivity (Wildman–Crippen MR) is 111 cm³/mol. The number of rotatable bonds is 6. The van der Waals surface area contributed by atoms with E-state index in [4.69, 9.17) is 4.74 Å². The number of benzene rings is 2. The zero-order valence-corrected chi connectivity index (χ0v) is 16.1. The third-order valence-electron chi connectivity index (χ3n) is 4.90. The summed E-state index contributed by atoms with van der Waals surface area (Å²) in [5.41, 5.74) is 2.17. The Morgan fingerprint density at radius 2 is 1.64 bits per heavy atom. The van der Waals surface area contributed by atoms with Crippen LogP contribution in [-0.4, -0.2) is 25.0 Å². The molecule has 0 spiro atoms.